The minimum absolute atomic E-state index is 0.280. The van der Waals surface area contributed by atoms with Crippen LogP contribution in [-0.4, -0.2) is 4.75 Å². The molecule has 1 nitrogen and oxygen atoms in total. The number of hydrogen-bond donors (Lipinski definition) is 1. The largest absolute Gasteiger partial charge is 0.197 e. The zero-order chi connectivity index (χ0) is 6.74. The lowest BCUT2D eigenvalue weighted by Gasteiger charge is -2.24. The maximum Gasteiger partial charge on any atom is 0.0995 e. The van der Waals surface area contributed by atoms with Gasteiger partial charge < -0.3 is 0 Å². The molecule has 0 unspecified atom stereocenters. The van der Waals surface area contributed by atoms with Gasteiger partial charge in [0, 0.05) is 0 Å². The van der Waals surface area contributed by atoms with E-state index in [1.54, 1.807) is 0 Å². The lowest BCUT2D eigenvalue weighted by Crippen LogP contribution is -2.21. The molecule has 0 heterocycles. The summed E-state index contributed by atoms with van der Waals surface area (Å²) in [6, 6.07) is 2.24. The van der Waals surface area contributed by atoms with E-state index in [1.807, 2.05) is 0 Å². The summed E-state index contributed by atoms with van der Waals surface area (Å²) in [6.07, 6.45) is 5.59. The number of thiol groups is 1. The van der Waals surface area contributed by atoms with Crippen molar-refractivity contribution in [2.75, 3.05) is 0 Å². The molecule has 0 N–H and O–H groups in total. The number of rotatable bonds is 0. The Kier molecular flexibility index (Phi) is 2.02. The molecule has 1 aliphatic rings. The highest BCUT2D eigenvalue weighted by Crippen LogP contribution is 2.32. The molecule has 1 aliphatic carbocycles. The third kappa shape index (κ3) is 1.62. The first-order valence-corrected chi connectivity index (χ1v) is 3.85. The quantitative estimate of drug-likeness (QED) is 0.513. The van der Waals surface area contributed by atoms with Gasteiger partial charge in [-0.25, -0.2) is 0 Å². The van der Waals surface area contributed by atoms with Crippen molar-refractivity contribution in [3.05, 3.63) is 0 Å². The van der Waals surface area contributed by atoms with Gasteiger partial charge in [0.25, 0.3) is 0 Å². The summed E-state index contributed by atoms with van der Waals surface area (Å²) in [5.74, 6) is 0. The topological polar surface area (TPSA) is 23.8 Å². The summed E-state index contributed by atoms with van der Waals surface area (Å²) in [6.45, 7) is 0. The Morgan fingerprint density at radius 3 is 2.11 bits per heavy atom. The molecule has 0 atom stereocenters. The van der Waals surface area contributed by atoms with Gasteiger partial charge in [-0.1, -0.05) is 19.3 Å². The van der Waals surface area contributed by atoms with E-state index in [0.29, 0.717) is 0 Å². The summed E-state index contributed by atoms with van der Waals surface area (Å²) in [4.78, 5) is 0. The zero-order valence-electron chi connectivity index (χ0n) is 5.43. The minimum Gasteiger partial charge on any atom is -0.197 e. The van der Waals surface area contributed by atoms with Gasteiger partial charge in [-0.3, -0.25) is 0 Å². The maximum absolute atomic E-state index is 8.62. The molecule has 0 aliphatic heterocycles. The van der Waals surface area contributed by atoms with Crippen LogP contribution in [0, 0.1) is 11.3 Å². The zero-order valence-corrected chi connectivity index (χ0v) is 6.32. The Morgan fingerprint density at radius 2 is 1.78 bits per heavy atom. The van der Waals surface area contributed by atoms with E-state index in [9.17, 15) is 0 Å². The van der Waals surface area contributed by atoms with E-state index in [0.717, 1.165) is 12.8 Å². The third-order valence-electron chi connectivity index (χ3n) is 1.89. The van der Waals surface area contributed by atoms with Crippen LogP contribution in [-0.2, 0) is 0 Å². The van der Waals surface area contributed by atoms with E-state index in [2.05, 4.69) is 18.7 Å². The van der Waals surface area contributed by atoms with Crippen LogP contribution in [0.4, 0.5) is 0 Å². The van der Waals surface area contributed by atoms with E-state index in [-0.39, 0.29) is 4.75 Å². The van der Waals surface area contributed by atoms with Crippen LogP contribution in [0.5, 0.6) is 0 Å². The lowest BCUT2D eigenvalue weighted by molar-refractivity contribution is 0.462. The first-order chi connectivity index (χ1) is 4.27. The lowest BCUT2D eigenvalue weighted by atomic mass is 9.89. The molecule has 0 radical (unpaired) electrons. The average molecular weight is 141 g/mol. The monoisotopic (exact) mass is 141 g/mol. The molecule has 0 aromatic rings. The second-order valence-corrected chi connectivity index (χ2v) is 3.56. The molecule has 0 bridgehead atoms. The number of nitriles is 1. The van der Waals surface area contributed by atoms with Gasteiger partial charge in [0.05, 0.1) is 10.8 Å². The minimum atomic E-state index is -0.280. The van der Waals surface area contributed by atoms with E-state index < -0.39 is 0 Å². The molecule has 0 amide bonds. The SMILES string of the molecule is N#CC1(S)CCCCC1. The molecule has 0 aromatic carbocycles. The molecule has 2 heteroatoms. The summed E-state index contributed by atoms with van der Waals surface area (Å²) in [5, 5.41) is 8.62. The molecule has 0 aromatic heterocycles. The highest BCUT2D eigenvalue weighted by molar-refractivity contribution is 7.82. The molecular formula is C7H11NS. The van der Waals surface area contributed by atoms with Crippen molar-refractivity contribution < 1.29 is 0 Å². The summed E-state index contributed by atoms with van der Waals surface area (Å²) in [7, 11) is 0. The van der Waals surface area contributed by atoms with E-state index in [4.69, 9.17) is 5.26 Å². The number of nitrogens with zero attached hydrogens (tertiary/aromatic N) is 1. The second-order valence-electron chi connectivity index (χ2n) is 2.70. The van der Waals surface area contributed by atoms with Crippen LogP contribution in [0.15, 0.2) is 0 Å². The van der Waals surface area contributed by atoms with Crippen LogP contribution in [0.2, 0.25) is 0 Å². The van der Waals surface area contributed by atoms with Crippen molar-refractivity contribution in [3.8, 4) is 6.07 Å². The highest BCUT2D eigenvalue weighted by atomic mass is 32.1. The molecule has 1 rings (SSSR count). The fraction of sp³-hybridized carbons (Fsp3) is 0.857. The molecule has 1 saturated carbocycles. The molecular weight excluding hydrogens is 130 g/mol. The van der Waals surface area contributed by atoms with Crippen LogP contribution in [0.1, 0.15) is 32.1 Å². The second kappa shape index (κ2) is 2.62. The third-order valence-corrected chi connectivity index (χ3v) is 2.44. The van der Waals surface area contributed by atoms with E-state index >= 15 is 0 Å². The predicted octanol–water partition coefficient (Wildman–Crippen LogP) is 2.14. The van der Waals surface area contributed by atoms with Gasteiger partial charge >= 0.3 is 0 Å². The molecule has 1 fully saturated rings. The van der Waals surface area contributed by atoms with Gasteiger partial charge in [0.15, 0.2) is 0 Å². The first kappa shape index (κ1) is 6.95. The fourth-order valence-electron chi connectivity index (χ4n) is 1.25. The molecule has 0 spiro atoms. The fourth-order valence-corrected chi connectivity index (χ4v) is 1.56. The smallest absolute Gasteiger partial charge is 0.0995 e. The Hall–Kier alpha value is -0.160. The molecule has 9 heavy (non-hydrogen) atoms. The number of hydrogen-bond acceptors (Lipinski definition) is 2. The van der Waals surface area contributed by atoms with Crippen LogP contribution >= 0.6 is 12.6 Å². The molecule has 0 saturated heterocycles. The van der Waals surface area contributed by atoms with Crippen molar-refractivity contribution in [1.29, 1.82) is 5.26 Å². The summed E-state index contributed by atoms with van der Waals surface area (Å²) in [5.41, 5.74) is 0. The van der Waals surface area contributed by atoms with Crippen molar-refractivity contribution in [1.82, 2.24) is 0 Å². The van der Waals surface area contributed by atoms with Crippen LogP contribution in [0.25, 0.3) is 0 Å². The van der Waals surface area contributed by atoms with Gasteiger partial charge in [-0.05, 0) is 12.8 Å². The predicted molar refractivity (Wildman–Crippen MR) is 40.4 cm³/mol. The Balaban J connectivity index is 2.49. The van der Waals surface area contributed by atoms with Gasteiger partial charge in [0.1, 0.15) is 0 Å². The normalized spacial score (nSPS) is 24.9. The van der Waals surface area contributed by atoms with Gasteiger partial charge in [-0.2, -0.15) is 17.9 Å². The van der Waals surface area contributed by atoms with Gasteiger partial charge in [0.2, 0.25) is 0 Å². The Bertz CT molecular complexity index is 130. The van der Waals surface area contributed by atoms with Crippen LogP contribution < -0.4 is 0 Å². The first-order valence-electron chi connectivity index (χ1n) is 3.40. The van der Waals surface area contributed by atoms with Crippen molar-refractivity contribution in [2.24, 2.45) is 0 Å². The Labute approximate surface area is 61.5 Å². The summed E-state index contributed by atoms with van der Waals surface area (Å²) >= 11 is 4.29. The summed E-state index contributed by atoms with van der Waals surface area (Å²) < 4.78 is -0.280. The van der Waals surface area contributed by atoms with Crippen molar-refractivity contribution >= 4 is 12.6 Å². The van der Waals surface area contributed by atoms with E-state index in [1.165, 1.54) is 19.3 Å². The standard InChI is InChI=1S/C7H11NS/c8-6-7(9)4-2-1-3-5-7/h9H,1-5H2. The average Bonchev–Trinajstić information content (AvgIpc) is 1.90. The van der Waals surface area contributed by atoms with Gasteiger partial charge in [-0.15, -0.1) is 0 Å². The van der Waals surface area contributed by atoms with Crippen molar-refractivity contribution in [3.63, 3.8) is 0 Å². The van der Waals surface area contributed by atoms with Crippen LogP contribution in [0.3, 0.4) is 0 Å². The van der Waals surface area contributed by atoms with Crippen molar-refractivity contribution in [2.45, 2.75) is 36.9 Å². The molecule has 50 valence electrons. The maximum atomic E-state index is 8.62. The Morgan fingerprint density at radius 1 is 1.22 bits per heavy atom. The highest BCUT2D eigenvalue weighted by Gasteiger charge is 2.26.